The molecular formula is C30H28O4S4. The van der Waals surface area contributed by atoms with Crippen molar-refractivity contribution in [1.29, 1.82) is 0 Å². The third-order valence-corrected chi connectivity index (χ3v) is 11.9. The van der Waals surface area contributed by atoms with Gasteiger partial charge in [-0.15, -0.1) is 0 Å². The zero-order valence-electron chi connectivity index (χ0n) is 21.7. The average molecular weight is 581 g/mol. The summed E-state index contributed by atoms with van der Waals surface area (Å²) in [4.78, 5) is 4.55. The first-order valence-electron chi connectivity index (χ1n) is 12.8. The Labute approximate surface area is 240 Å². The molecule has 196 valence electrons. The molecule has 2 aliphatic heterocycles. The molecule has 0 saturated carbocycles. The Morgan fingerprint density at radius 3 is 0.868 bits per heavy atom. The van der Waals surface area contributed by atoms with E-state index >= 15 is 0 Å². The summed E-state index contributed by atoms with van der Waals surface area (Å²) in [5.41, 5.74) is 0. The van der Waals surface area contributed by atoms with Gasteiger partial charge in [0.2, 0.25) is 0 Å². The van der Waals surface area contributed by atoms with Crippen LogP contribution < -0.4 is 18.9 Å². The Morgan fingerprint density at radius 2 is 0.658 bits per heavy atom. The van der Waals surface area contributed by atoms with Crippen molar-refractivity contribution in [3.8, 4) is 23.0 Å². The lowest BCUT2D eigenvalue weighted by Gasteiger charge is -2.16. The van der Waals surface area contributed by atoms with Gasteiger partial charge in [0.25, 0.3) is 0 Å². The molecule has 4 aromatic rings. The predicted octanol–water partition coefficient (Wildman–Crippen LogP) is 9.81. The molecule has 0 spiro atoms. The molecule has 0 N–H and O–H groups in total. The maximum absolute atomic E-state index is 6.26. The summed E-state index contributed by atoms with van der Waals surface area (Å²) < 4.78 is 27.5. The predicted molar refractivity (Wildman–Crippen MR) is 163 cm³/mol. The minimum absolute atomic E-state index is 0.610. The third kappa shape index (κ3) is 4.30. The third-order valence-electron chi connectivity index (χ3n) is 6.17. The van der Waals surface area contributed by atoms with Crippen LogP contribution in [0.2, 0.25) is 0 Å². The summed E-state index contributed by atoms with van der Waals surface area (Å²) >= 11 is 7.13. The van der Waals surface area contributed by atoms with Gasteiger partial charge in [0.1, 0.15) is 23.0 Å². The van der Waals surface area contributed by atoms with E-state index in [1.807, 2.05) is 27.7 Å². The molecule has 0 atom stereocenters. The van der Waals surface area contributed by atoms with Crippen LogP contribution in [0.1, 0.15) is 27.7 Å². The lowest BCUT2D eigenvalue weighted by Crippen LogP contribution is -1.99. The highest BCUT2D eigenvalue weighted by molar-refractivity contribution is 8.30. The highest BCUT2D eigenvalue weighted by Gasteiger charge is 2.36. The van der Waals surface area contributed by atoms with E-state index in [1.54, 1.807) is 47.0 Å². The number of ether oxygens (including phenoxy) is 4. The fraction of sp³-hybridized carbons (Fsp3) is 0.267. The van der Waals surface area contributed by atoms with E-state index in [1.165, 1.54) is 8.47 Å². The van der Waals surface area contributed by atoms with Crippen LogP contribution in [0, 0.1) is 0 Å². The van der Waals surface area contributed by atoms with Crippen molar-refractivity contribution in [1.82, 2.24) is 0 Å². The Hall–Kier alpha value is -2.26. The van der Waals surface area contributed by atoms with E-state index in [0.29, 0.717) is 26.4 Å². The van der Waals surface area contributed by atoms with Crippen LogP contribution in [-0.2, 0) is 0 Å². The molecule has 0 radical (unpaired) electrons. The molecule has 8 heteroatoms. The number of thioether (sulfide) groups is 4. The Kier molecular flexibility index (Phi) is 7.58. The Morgan fingerprint density at radius 1 is 0.421 bits per heavy atom. The normalized spacial score (nSPS) is 14.2. The van der Waals surface area contributed by atoms with Crippen LogP contribution in [0.3, 0.4) is 0 Å². The monoisotopic (exact) mass is 580 g/mol. The minimum atomic E-state index is 0.610. The first-order chi connectivity index (χ1) is 18.7. The molecule has 0 unspecified atom stereocenters. The minimum Gasteiger partial charge on any atom is -0.492 e. The van der Waals surface area contributed by atoms with Crippen LogP contribution in [0.5, 0.6) is 23.0 Å². The summed E-state index contributed by atoms with van der Waals surface area (Å²) in [7, 11) is 0. The van der Waals surface area contributed by atoms with Crippen LogP contribution in [0.4, 0.5) is 0 Å². The van der Waals surface area contributed by atoms with Gasteiger partial charge in [-0.1, -0.05) is 95.6 Å². The molecule has 0 aliphatic carbocycles. The van der Waals surface area contributed by atoms with Gasteiger partial charge in [-0.2, -0.15) is 0 Å². The van der Waals surface area contributed by atoms with E-state index in [9.17, 15) is 0 Å². The number of fused-ring (bicyclic) bond motifs is 4. The first-order valence-corrected chi connectivity index (χ1v) is 16.1. The molecule has 4 nitrogen and oxygen atoms in total. The topological polar surface area (TPSA) is 36.9 Å². The summed E-state index contributed by atoms with van der Waals surface area (Å²) in [5.74, 6) is 3.76. The maximum atomic E-state index is 6.26. The molecule has 6 rings (SSSR count). The van der Waals surface area contributed by atoms with Gasteiger partial charge >= 0.3 is 0 Å². The fourth-order valence-corrected chi connectivity index (χ4v) is 10.5. The largest absolute Gasteiger partial charge is 0.492 e. The zero-order chi connectivity index (χ0) is 26.2. The molecule has 2 heterocycles. The van der Waals surface area contributed by atoms with Crippen molar-refractivity contribution in [3.63, 3.8) is 0 Å². The lowest BCUT2D eigenvalue weighted by molar-refractivity contribution is 0.322. The maximum Gasteiger partial charge on any atom is 0.142 e. The second-order valence-electron chi connectivity index (χ2n) is 8.44. The van der Waals surface area contributed by atoms with Gasteiger partial charge in [-0.3, -0.25) is 0 Å². The standard InChI is InChI=1S/C30H28O4S4/c1-5-31-21-17-13-9-10-14-18(17)22(32-6-2)26-25(21)35-29(36-26)30-37-27-23(33-7-3)19-15-11-12-16-20(19)24(34-8-4)28(27)38-30/h9-16H,5-8H2,1-4H3. The van der Waals surface area contributed by atoms with Gasteiger partial charge < -0.3 is 18.9 Å². The highest BCUT2D eigenvalue weighted by Crippen LogP contribution is 2.68. The van der Waals surface area contributed by atoms with Gasteiger partial charge in [-0.05, 0) is 27.7 Å². The molecule has 2 aliphatic rings. The van der Waals surface area contributed by atoms with E-state index in [0.717, 1.165) is 64.1 Å². The van der Waals surface area contributed by atoms with Gasteiger partial charge in [0.05, 0.1) is 54.5 Å². The second kappa shape index (κ2) is 11.1. The van der Waals surface area contributed by atoms with Crippen LogP contribution in [0.25, 0.3) is 21.5 Å². The number of benzene rings is 4. The second-order valence-corrected chi connectivity index (χ2v) is 13.0. The van der Waals surface area contributed by atoms with Crippen molar-refractivity contribution in [3.05, 3.63) is 57.0 Å². The van der Waals surface area contributed by atoms with E-state index in [2.05, 4.69) is 48.5 Å². The van der Waals surface area contributed by atoms with E-state index in [4.69, 9.17) is 18.9 Å². The lowest BCUT2D eigenvalue weighted by atomic mass is 10.1. The Balaban J connectivity index is 1.51. The van der Waals surface area contributed by atoms with Crippen LogP contribution in [-0.4, -0.2) is 26.4 Å². The number of hydrogen-bond donors (Lipinski definition) is 0. The summed E-state index contributed by atoms with van der Waals surface area (Å²) in [5, 5.41) is 4.37. The quantitative estimate of drug-likeness (QED) is 0.204. The van der Waals surface area contributed by atoms with Gasteiger partial charge in [0, 0.05) is 21.5 Å². The van der Waals surface area contributed by atoms with E-state index in [-0.39, 0.29) is 0 Å². The zero-order valence-corrected chi connectivity index (χ0v) is 25.0. The SMILES string of the molecule is CCOc1c2c(c(OCC)c3ccccc13)SC(=C1Sc3c(c(OCC)c4ccccc4c3OCC)S1)S2. The molecule has 38 heavy (non-hydrogen) atoms. The molecular weight excluding hydrogens is 553 g/mol. The molecule has 0 amide bonds. The summed E-state index contributed by atoms with van der Waals surface area (Å²) in [6, 6.07) is 16.8. The molecule has 0 fully saturated rings. The molecule has 0 saturated heterocycles. The van der Waals surface area contributed by atoms with Crippen molar-refractivity contribution >= 4 is 68.6 Å². The Bertz CT molecular complexity index is 1350. The summed E-state index contributed by atoms with van der Waals surface area (Å²) in [6.07, 6.45) is 0. The fourth-order valence-electron chi connectivity index (χ4n) is 4.76. The van der Waals surface area contributed by atoms with Gasteiger partial charge in [-0.25, -0.2) is 0 Å². The molecule has 0 aromatic heterocycles. The van der Waals surface area contributed by atoms with Crippen molar-refractivity contribution < 1.29 is 18.9 Å². The first kappa shape index (κ1) is 26.0. The number of hydrogen-bond acceptors (Lipinski definition) is 8. The van der Waals surface area contributed by atoms with Crippen molar-refractivity contribution in [2.45, 2.75) is 47.3 Å². The van der Waals surface area contributed by atoms with Gasteiger partial charge in [0.15, 0.2) is 0 Å². The average Bonchev–Trinajstić information content (AvgIpc) is 3.58. The van der Waals surface area contributed by atoms with Crippen molar-refractivity contribution in [2.75, 3.05) is 26.4 Å². The van der Waals surface area contributed by atoms with E-state index < -0.39 is 0 Å². The highest BCUT2D eigenvalue weighted by atomic mass is 32.2. The summed E-state index contributed by atoms with van der Waals surface area (Å²) in [6.45, 7) is 10.6. The van der Waals surface area contributed by atoms with Crippen molar-refractivity contribution in [2.24, 2.45) is 0 Å². The number of rotatable bonds is 8. The molecule has 0 bridgehead atoms. The smallest absolute Gasteiger partial charge is 0.142 e. The van der Waals surface area contributed by atoms with Crippen LogP contribution in [0.15, 0.2) is 76.6 Å². The molecule has 4 aromatic carbocycles. The van der Waals surface area contributed by atoms with Crippen LogP contribution >= 0.6 is 47.0 Å².